The number of carbonyl (C=O) groups is 1. The van der Waals surface area contributed by atoms with Crippen molar-refractivity contribution in [2.75, 3.05) is 11.9 Å². The summed E-state index contributed by atoms with van der Waals surface area (Å²) in [6, 6.07) is 11.7. The Morgan fingerprint density at radius 1 is 1.19 bits per heavy atom. The van der Waals surface area contributed by atoms with Crippen molar-refractivity contribution in [1.29, 1.82) is 0 Å². The lowest BCUT2D eigenvalue weighted by Crippen LogP contribution is -2.26. The van der Waals surface area contributed by atoms with Gasteiger partial charge in [-0.15, -0.1) is 11.3 Å². The zero-order valence-corrected chi connectivity index (χ0v) is 15.6. The van der Waals surface area contributed by atoms with Gasteiger partial charge in [0.1, 0.15) is 0 Å². The van der Waals surface area contributed by atoms with Crippen molar-refractivity contribution in [2.45, 2.75) is 19.5 Å². The molecule has 132 valence electrons. The zero-order valence-electron chi connectivity index (χ0n) is 14.0. The number of rotatable bonds is 6. The molecule has 0 fully saturated rings. The Balaban J connectivity index is 1.45. The monoisotopic (exact) mass is 384 g/mol. The number of pyridine rings is 1. The number of hydrogen-bond donors (Lipinski definition) is 1. The first-order valence-corrected chi connectivity index (χ1v) is 9.55. The Bertz CT molecular complexity index is 928. The Morgan fingerprint density at radius 3 is 2.88 bits per heavy atom. The third-order valence-electron chi connectivity index (χ3n) is 4.39. The van der Waals surface area contributed by atoms with Crippen molar-refractivity contribution >= 4 is 34.5 Å². The van der Waals surface area contributed by atoms with Gasteiger partial charge in [0.25, 0.3) is 5.91 Å². The normalized spacial score (nSPS) is 13.1. The van der Waals surface area contributed by atoms with E-state index in [1.807, 2.05) is 41.3 Å². The number of nitrogens with one attached hydrogen (secondary N) is 1. The molecular formula is C19H17ClN4OS. The highest BCUT2D eigenvalue weighted by Gasteiger charge is 2.28. The van der Waals surface area contributed by atoms with E-state index in [1.165, 1.54) is 11.3 Å². The van der Waals surface area contributed by atoms with Crippen molar-refractivity contribution in [2.24, 2.45) is 0 Å². The van der Waals surface area contributed by atoms with Gasteiger partial charge in [-0.1, -0.05) is 23.7 Å². The fourth-order valence-electron chi connectivity index (χ4n) is 3.08. The van der Waals surface area contributed by atoms with Crippen LogP contribution < -0.4 is 5.32 Å². The van der Waals surface area contributed by atoms with Crippen LogP contribution in [-0.2, 0) is 19.5 Å². The predicted octanol–water partition coefficient (Wildman–Crippen LogP) is 4.00. The smallest absolute Gasteiger partial charge is 0.254 e. The lowest BCUT2D eigenvalue weighted by molar-refractivity contribution is 0.0780. The number of carbonyl (C=O) groups excluding carboxylic acids is 1. The molecule has 4 rings (SSSR count). The molecule has 2 aromatic heterocycles. The molecule has 0 radical (unpaired) electrons. The van der Waals surface area contributed by atoms with E-state index in [-0.39, 0.29) is 5.91 Å². The SMILES string of the molecule is O=C1c2cccc(NCc3cnc(Cl)s3)c2CN1CCc1ccccn1. The van der Waals surface area contributed by atoms with E-state index in [0.717, 1.165) is 33.8 Å². The van der Waals surface area contributed by atoms with Gasteiger partial charge in [-0.3, -0.25) is 9.78 Å². The topological polar surface area (TPSA) is 58.1 Å². The van der Waals surface area contributed by atoms with Crippen LogP contribution in [0.15, 0.2) is 48.8 Å². The van der Waals surface area contributed by atoms with Crippen molar-refractivity contribution in [3.05, 3.63) is 75.0 Å². The second kappa shape index (κ2) is 7.43. The first-order valence-electron chi connectivity index (χ1n) is 8.36. The third kappa shape index (κ3) is 3.57. The number of benzene rings is 1. The predicted molar refractivity (Wildman–Crippen MR) is 104 cm³/mol. The second-order valence-electron chi connectivity index (χ2n) is 6.06. The first-order chi connectivity index (χ1) is 12.7. The Labute approximate surface area is 160 Å². The summed E-state index contributed by atoms with van der Waals surface area (Å²) in [5.74, 6) is 0.0837. The minimum atomic E-state index is 0.0837. The number of hydrogen-bond acceptors (Lipinski definition) is 5. The number of amides is 1. The van der Waals surface area contributed by atoms with Gasteiger partial charge in [0.15, 0.2) is 4.47 Å². The summed E-state index contributed by atoms with van der Waals surface area (Å²) in [6.07, 6.45) is 4.31. The van der Waals surface area contributed by atoms with E-state index in [1.54, 1.807) is 12.4 Å². The maximum absolute atomic E-state index is 12.7. The van der Waals surface area contributed by atoms with Crippen LogP contribution in [0.2, 0.25) is 4.47 Å². The molecule has 1 aromatic carbocycles. The van der Waals surface area contributed by atoms with E-state index < -0.39 is 0 Å². The van der Waals surface area contributed by atoms with Crippen molar-refractivity contribution in [3.63, 3.8) is 0 Å². The Kier molecular flexibility index (Phi) is 4.86. The van der Waals surface area contributed by atoms with Crippen molar-refractivity contribution in [1.82, 2.24) is 14.9 Å². The number of halogens is 1. The Morgan fingerprint density at radius 2 is 2.12 bits per heavy atom. The minimum Gasteiger partial charge on any atom is -0.380 e. The first kappa shape index (κ1) is 17.0. The maximum atomic E-state index is 12.7. The summed E-state index contributed by atoms with van der Waals surface area (Å²) >= 11 is 7.34. The maximum Gasteiger partial charge on any atom is 0.254 e. The van der Waals surface area contributed by atoms with Gasteiger partial charge in [-0.2, -0.15) is 0 Å². The number of nitrogens with zero attached hydrogens (tertiary/aromatic N) is 3. The second-order valence-corrected chi connectivity index (χ2v) is 7.76. The van der Waals surface area contributed by atoms with Gasteiger partial charge in [0.2, 0.25) is 0 Å². The van der Waals surface area contributed by atoms with E-state index in [9.17, 15) is 4.79 Å². The molecule has 0 unspecified atom stereocenters. The van der Waals surface area contributed by atoms with E-state index >= 15 is 0 Å². The molecule has 0 saturated heterocycles. The molecule has 3 aromatic rings. The number of thiazole rings is 1. The average Bonchev–Trinajstić information content (AvgIpc) is 3.23. The molecule has 0 spiro atoms. The average molecular weight is 385 g/mol. The summed E-state index contributed by atoms with van der Waals surface area (Å²) in [4.78, 5) is 24.0. The van der Waals surface area contributed by atoms with Crippen LogP contribution in [0.25, 0.3) is 0 Å². The van der Waals surface area contributed by atoms with Crippen LogP contribution >= 0.6 is 22.9 Å². The van der Waals surface area contributed by atoms with Crippen LogP contribution in [-0.4, -0.2) is 27.3 Å². The van der Waals surface area contributed by atoms with Gasteiger partial charge in [0.05, 0.1) is 6.54 Å². The lowest BCUT2D eigenvalue weighted by atomic mass is 10.1. The number of aromatic nitrogens is 2. The molecule has 1 aliphatic heterocycles. The molecule has 3 heterocycles. The lowest BCUT2D eigenvalue weighted by Gasteiger charge is -2.15. The quantitative estimate of drug-likeness (QED) is 0.697. The summed E-state index contributed by atoms with van der Waals surface area (Å²) in [5.41, 5.74) is 3.81. The van der Waals surface area contributed by atoms with E-state index in [2.05, 4.69) is 15.3 Å². The molecular weight excluding hydrogens is 368 g/mol. The molecule has 7 heteroatoms. The molecule has 1 aliphatic rings. The summed E-state index contributed by atoms with van der Waals surface area (Å²) < 4.78 is 0.538. The van der Waals surface area contributed by atoms with Gasteiger partial charge in [-0.05, 0) is 24.3 Å². The molecule has 1 N–H and O–H groups in total. The molecule has 26 heavy (non-hydrogen) atoms. The van der Waals surface area contributed by atoms with Gasteiger partial charge >= 0.3 is 0 Å². The van der Waals surface area contributed by atoms with Crippen LogP contribution in [0.5, 0.6) is 0 Å². The molecule has 0 aliphatic carbocycles. The third-order valence-corrected chi connectivity index (χ3v) is 5.50. The largest absolute Gasteiger partial charge is 0.380 e. The minimum absolute atomic E-state index is 0.0837. The van der Waals surface area contributed by atoms with E-state index in [4.69, 9.17) is 11.6 Å². The van der Waals surface area contributed by atoms with Crippen LogP contribution in [0.4, 0.5) is 5.69 Å². The van der Waals surface area contributed by atoms with Crippen molar-refractivity contribution in [3.8, 4) is 0 Å². The van der Waals surface area contributed by atoms with Crippen molar-refractivity contribution < 1.29 is 4.79 Å². The fraction of sp³-hybridized carbons (Fsp3) is 0.211. The molecule has 0 saturated carbocycles. The molecule has 0 atom stereocenters. The molecule has 0 bridgehead atoms. The van der Waals surface area contributed by atoms with Crippen LogP contribution in [0, 0.1) is 0 Å². The highest BCUT2D eigenvalue weighted by molar-refractivity contribution is 7.15. The zero-order chi connectivity index (χ0) is 17.9. The highest BCUT2D eigenvalue weighted by atomic mass is 35.5. The summed E-state index contributed by atoms with van der Waals surface area (Å²) in [7, 11) is 0. The number of fused-ring (bicyclic) bond motifs is 1. The van der Waals surface area contributed by atoms with Crippen LogP contribution in [0.1, 0.15) is 26.5 Å². The number of anilines is 1. The standard InChI is InChI=1S/C19H17ClN4OS/c20-19-23-11-14(26-19)10-22-17-6-3-5-15-16(17)12-24(18(15)25)9-7-13-4-1-2-8-21-13/h1-6,8,11,22H,7,9-10,12H2. The Hall–Kier alpha value is -2.44. The molecule has 5 nitrogen and oxygen atoms in total. The van der Waals surface area contributed by atoms with Gasteiger partial charge in [-0.25, -0.2) is 4.98 Å². The highest BCUT2D eigenvalue weighted by Crippen LogP contribution is 2.30. The van der Waals surface area contributed by atoms with Gasteiger partial charge in [0, 0.05) is 59.3 Å². The van der Waals surface area contributed by atoms with Gasteiger partial charge < -0.3 is 10.2 Å². The summed E-state index contributed by atoms with van der Waals surface area (Å²) in [6.45, 7) is 1.92. The fourth-order valence-corrected chi connectivity index (χ4v) is 4.00. The van der Waals surface area contributed by atoms with E-state index in [0.29, 0.717) is 24.1 Å². The summed E-state index contributed by atoms with van der Waals surface area (Å²) in [5, 5.41) is 3.41. The van der Waals surface area contributed by atoms with Crippen LogP contribution in [0.3, 0.4) is 0 Å². The molecule has 1 amide bonds.